The van der Waals surface area contributed by atoms with Gasteiger partial charge in [-0.05, 0) is 43.3 Å². The van der Waals surface area contributed by atoms with Crippen LogP contribution in [0.25, 0.3) is 5.69 Å². The molecule has 1 N–H and O–H groups in total. The van der Waals surface area contributed by atoms with Gasteiger partial charge in [-0.3, -0.25) is 4.57 Å². The minimum atomic E-state index is -0.341. The van der Waals surface area contributed by atoms with Gasteiger partial charge in [-0.15, -0.1) is 0 Å². The molecule has 0 aliphatic heterocycles. The molecule has 98 valence electrons. The largest absolute Gasteiger partial charge is 0.465 e. The summed E-state index contributed by atoms with van der Waals surface area (Å²) in [5, 5.41) is 0. The van der Waals surface area contributed by atoms with E-state index in [1.807, 2.05) is 22.9 Å². The lowest BCUT2D eigenvalue weighted by Gasteiger charge is -2.04. The number of nitrogens with one attached hydrogen (secondary N) is 1. The Morgan fingerprint density at radius 3 is 2.95 bits per heavy atom. The Kier molecular flexibility index (Phi) is 2.98. The highest BCUT2D eigenvalue weighted by molar-refractivity contribution is 7.71. The third-order valence-corrected chi connectivity index (χ3v) is 3.60. The number of rotatable bonds is 3. The van der Waals surface area contributed by atoms with Crippen molar-refractivity contribution in [3.05, 3.63) is 46.5 Å². The molecule has 1 saturated carbocycles. The van der Waals surface area contributed by atoms with E-state index in [0.29, 0.717) is 16.3 Å². The van der Waals surface area contributed by atoms with E-state index in [1.54, 1.807) is 12.1 Å². The predicted molar refractivity (Wildman–Crippen MR) is 74.3 cm³/mol. The Balaban J connectivity index is 2.01. The predicted octanol–water partition coefficient (Wildman–Crippen LogP) is 3.20. The van der Waals surface area contributed by atoms with Crippen LogP contribution in [0.1, 0.15) is 34.8 Å². The van der Waals surface area contributed by atoms with E-state index in [-0.39, 0.29) is 5.97 Å². The average Bonchev–Trinajstić information content (AvgIpc) is 3.21. The molecular formula is C14H14N2O2S. The highest BCUT2D eigenvalue weighted by Gasteiger charge is 2.25. The van der Waals surface area contributed by atoms with Crippen molar-refractivity contribution in [2.45, 2.75) is 18.8 Å². The Morgan fingerprint density at radius 2 is 2.26 bits per heavy atom. The molecule has 0 amide bonds. The molecule has 3 rings (SSSR count). The van der Waals surface area contributed by atoms with Crippen molar-refractivity contribution in [3.8, 4) is 5.69 Å². The Hall–Kier alpha value is -1.88. The SMILES string of the molecule is COC(=O)c1cccc(-n2cc(C3CC3)[nH]c2=S)c1. The zero-order valence-electron chi connectivity index (χ0n) is 10.6. The van der Waals surface area contributed by atoms with Crippen LogP contribution in [-0.4, -0.2) is 22.6 Å². The number of imidazole rings is 1. The number of benzene rings is 1. The van der Waals surface area contributed by atoms with E-state index in [2.05, 4.69) is 4.98 Å². The van der Waals surface area contributed by atoms with Crippen LogP contribution >= 0.6 is 12.2 Å². The molecular weight excluding hydrogens is 260 g/mol. The normalized spacial score (nSPS) is 14.4. The van der Waals surface area contributed by atoms with Crippen LogP contribution in [0.15, 0.2) is 30.5 Å². The maximum absolute atomic E-state index is 11.5. The molecule has 19 heavy (non-hydrogen) atoms. The minimum absolute atomic E-state index is 0.341. The summed E-state index contributed by atoms with van der Waals surface area (Å²) in [6.45, 7) is 0. The van der Waals surface area contributed by atoms with Gasteiger partial charge in [0, 0.05) is 23.5 Å². The van der Waals surface area contributed by atoms with Crippen LogP contribution in [-0.2, 0) is 4.74 Å². The molecule has 2 aromatic rings. The molecule has 0 saturated heterocycles. The molecule has 0 atom stereocenters. The fourth-order valence-electron chi connectivity index (χ4n) is 2.11. The van der Waals surface area contributed by atoms with Crippen LogP contribution in [0.3, 0.4) is 0 Å². The summed E-state index contributed by atoms with van der Waals surface area (Å²) in [5.74, 6) is 0.276. The third kappa shape index (κ3) is 2.33. The maximum Gasteiger partial charge on any atom is 0.337 e. The number of hydrogen-bond acceptors (Lipinski definition) is 3. The summed E-state index contributed by atoms with van der Waals surface area (Å²) in [5.41, 5.74) is 2.57. The van der Waals surface area contributed by atoms with Gasteiger partial charge in [0.2, 0.25) is 0 Å². The molecule has 1 fully saturated rings. The van der Waals surface area contributed by atoms with E-state index < -0.39 is 0 Å². The standard InChI is InChI=1S/C14H14N2O2S/c1-18-13(17)10-3-2-4-11(7-10)16-8-12(9-5-6-9)15-14(16)19/h2-4,7-9H,5-6H2,1H3,(H,15,19). The lowest BCUT2D eigenvalue weighted by molar-refractivity contribution is 0.0600. The summed E-state index contributed by atoms with van der Waals surface area (Å²) < 4.78 is 7.28. The number of aromatic nitrogens is 2. The van der Waals surface area contributed by atoms with Gasteiger partial charge in [0.25, 0.3) is 0 Å². The maximum atomic E-state index is 11.5. The first kappa shape index (κ1) is 12.2. The molecule has 4 nitrogen and oxygen atoms in total. The molecule has 1 aromatic carbocycles. The second-order valence-corrected chi connectivity index (χ2v) is 5.09. The van der Waals surface area contributed by atoms with Gasteiger partial charge in [0.05, 0.1) is 12.7 Å². The molecule has 1 aliphatic carbocycles. The Bertz CT molecular complexity index is 683. The number of carbonyl (C=O) groups is 1. The molecule has 5 heteroatoms. The minimum Gasteiger partial charge on any atom is -0.465 e. The molecule has 1 aromatic heterocycles. The van der Waals surface area contributed by atoms with Crippen LogP contribution in [0, 0.1) is 4.77 Å². The number of aromatic amines is 1. The topological polar surface area (TPSA) is 47.0 Å². The van der Waals surface area contributed by atoms with E-state index >= 15 is 0 Å². The van der Waals surface area contributed by atoms with Gasteiger partial charge in [-0.25, -0.2) is 4.79 Å². The molecule has 1 heterocycles. The number of esters is 1. The quantitative estimate of drug-likeness (QED) is 0.690. The summed E-state index contributed by atoms with van der Waals surface area (Å²) in [6.07, 6.45) is 4.46. The van der Waals surface area contributed by atoms with Crippen LogP contribution in [0.5, 0.6) is 0 Å². The van der Waals surface area contributed by atoms with E-state index in [0.717, 1.165) is 5.69 Å². The summed E-state index contributed by atoms with van der Waals surface area (Å²) >= 11 is 5.33. The highest BCUT2D eigenvalue weighted by atomic mass is 32.1. The number of nitrogens with zero attached hydrogens (tertiary/aromatic N) is 1. The number of methoxy groups -OCH3 is 1. The monoisotopic (exact) mass is 274 g/mol. The number of carbonyl (C=O) groups excluding carboxylic acids is 1. The van der Waals surface area contributed by atoms with E-state index in [1.165, 1.54) is 25.6 Å². The summed E-state index contributed by atoms with van der Waals surface area (Å²) in [7, 11) is 1.38. The molecule has 0 bridgehead atoms. The van der Waals surface area contributed by atoms with Crippen molar-refractivity contribution in [2.24, 2.45) is 0 Å². The molecule has 1 aliphatic rings. The average molecular weight is 274 g/mol. The van der Waals surface area contributed by atoms with Crippen LogP contribution in [0.4, 0.5) is 0 Å². The smallest absolute Gasteiger partial charge is 0.337 e. The van der Waals surface area contributed by atoms with Crippen molar-refractivity contribution in [1.29, 1.82) is 0 Å². The third-order valence-electron chi connectivity index (χ3n) is 3.30. The van der Waals surface area contributed by atoms with Crippen molar-refractivity contribution >= 4 is 18.2 Å². The summed E-state index contributed by atoms with van der Waals surface area (Å²) in [4.78, 5) is 14.8. The zero-order chi connectivity index (χ0) is 13.4. The van der Waals surface area contributed by atoms with Gasteiger partial charge in [0.1, 0.15) is 0 Å². The van der Waals surface area contributed by atoms with Crippen LogP contribution < -0.4 is 0 Å². The number of ether oxygens (including phenoxy) is 1. The van der Waals surface area contributed by atoms with E-state index in [9.17, 15) is 4.79 Å². The van der Waals surface area contributed by atoms with Gasteiger partial charge < -0.3 is 9.72 Å². The second kappa shape index (κ2) is 4.66. The van der Waals surface area contributed by atoms with Gasteiger partial charge in [0.15, 0.2) is 4.77 Å². The summed E-state index contributed by atoms with van der Waals surface area (Å²) in [6, 6.07) is 7.26. The van der Waals surface area contributed by atoms with Crippen molar-refractivity contribution in [2.75, 3.05) is 7.11 Å². The zero-order valence-corrected chi connectivity index (χ0v) is 11.4. The van der Waals surface area contributed by atoms with Gasteiger partial charge >= 0.3 is 5.97 Å². The molecule has 0 unspecified atom stereocenters. The number of H-pyrrole nitrogens is 1. The first-order valence-electron chi connectivity index (χ1n) is 6.19. The second-order valence-electron chi connectivity index (χ2n) is 4.70. The van der Waals surface area contributed by atoms with E-state index in [4.69, 9.17) is 17.0 Å². The lowest BCUT2D eigenvalue weighted by atomic mass is 10.2. The van der Waals surface area contributed by atoms with Crippen LogP contribution in [0.2, 0.25) is 0 Å². The first-order chi connectivity index (χ1) is 9.19. The molecule has 0 spiro atoms. The fourth-order valence-corrected chi connectivity index (χ4v) is 2.38. The van der Waals surface area contributed by atoms with Gasteiger partial charge in [-0.2, -0.15) is 0 Å². The van der Waals surface area contributed by atoms with Gasteiger partial charge in [-0.1, -0.05) is 6.07 Å². The Labute approximate surface area is 116 Å². The first-order valence-corrected chi connectivity index (χ1v) is 6.60. The van der Waals surface area contributed by atoms with Crippen molar-refractivity contribution < 1.29 is 9.53 Å². The highest BCUT2D eigenvalue weighted by Crippen LogP contribution is 2.39. The fraction of sp³-hybridized carbons (Fsp3) is 0.286. The lowest BCUT2D eigenvalue weighted by Crippen LogP contribution is -2.02. The Morgan fingerprint density at radius 1 is 1.47 bits per heavy atom. The van der Waals surface area contributed by atoms with Crippen molar-refractivity contribution in [3.63, 3.8) is 0 Å². The van der Waals surface area contributed by atoms with Crippen molar-refractivity contribution in [1.82, 2.24) is 9.55 Å². The number of hydrogen-bond donors (Lipinski definition) is 1. The molecule has 0 radical (unpaired) electrons.